The minimum absolute atomic E-state index is 0.0118. The predicted molar refractivity (Wildman–Crippen MR) is 114 cm³/mol. The topological polar surface area (TPSA) is 72.9 Å². The molecule has 0 bridgehead atoms. The zero-order chi connectivity index (χ0) is 21.9. The second-order valence-corrected chi connectivity index (χ2v) is 7.17. The van der Waals surface area contributed by atoms with Crippen LogP contribution in [0.25, 0.3) is 6.08 Å². The van der Waals surface area contributed by atoms with E-state index in [4.69, 9.17) is 21.1 Å². The van der Waals surface area contributed by atoms with E-state index in [0.29, 0.717) is 16.3 Å². The summed E-state index contributed by atoms with van der Waals surface area (Å²) >= 11 is 5.94. The van der Waals surface area contributed by atoms with Gasteiger partial charge in [-0.1, -0.05) is 41.4 Å². The zero-order valence-corrected chi connectivity index (χ0v) is 17.7. The monoisotopic (exact) mass is 427 g/mol. The van der Waals surface area contributed by atoms with Gasteiger partial charge in [0.05, 0.1) is 18.8 Å². The first-order chi connectivity index (χ1) is 14.4. The number of esters is 2. The molecule has 1 saturated heterocycles. The molecule has 1 fully saturated rings. The third-order valence-electron chi connectivity index (χ3n) is 4.77. The van der Waals surface area contributed by atoms with Gasteiger partial charge in [0.15, 0.2) is 0 Å². The van der Waals surface area contributed by atoms with Gasteiger partial charge in [-0.25, -0.2) is 9.59 Å². The van der Waals surface area contributed by atoms with Gasteiger partial charge in [0.25, 0.3) is 11.4 Å². The Hall–Kier alpha value is -3.12. The molecule has 0 saturated carbocycles. The maximum Gasteiger partial charge on any atom is 0.349 e. The molecule has 2 aromatic rings. The summed E-state index contributed by atoms with van der Waals surface area (Å²) in [6, 6.07) is 13.7. The molecule has 3 rings (SSSR count). The molecule has 0 spiro atoms. The standard InChI is InChI=1S/C23H22ClNO5/c1-4-29-21(27)23(22(28)30-5-2)19(14-16-8-10-17(24)11-9-16)20(26)25(23)18-12-6-15(3)7-13-18/h6-14H,4-5H2,1-3H3/b19-14-. The number of halogens is 1. The van der Waals surface area contributed by atoms with Crippen LogP contribution in [0.4, 0.5) is 5.69 Å². The Balaban J connectivity index is 2.20. The average Bonchev–Trinajstić information content (AvgIpc) is 2.72. The van der Waals surface area contributed by atoms with Crippen molar-refractivity contribution in [3.63, 3.8) is 0 Å². The van der Waals surface area contributed by atoms with E-state index in [1.165, 1.54) is 6.08 Å². The quantitative estimate of drug-likeness (QED) is 0.302. The van der Waals surface area contributed by atoms with Gasteiger partial charge in [-0.3, -0.25) is 9.69 Å². The van der Waals surface area contributed by atoms with Crippen molar-refractivity contribution >= 4 is 41.2 Å². The van der Waals surface area contributed by atoms with Crippen molar-refractivity contribution in [3.8, 4) is 0 Å². The maximum absolute atomic E-state index is 13.2. The van der Waals surface area contributed by atoms with Gasteiger partial charge in [-0.15, -0.1) is 0 Å². The summed E-state index contributed by atoms with van der Waals surface area (Å²) in [5.41, 5.74) is -0.0362. The van der Waals surface area contributed by atoms with Gasteiger partial charge in [0, 0.05) is 10.7 Å². The average molecular weight is 428 g/mol. The Labute approximate surface area is 180 Å². The van der Waals surface area contributed by atoms with E-state index >= 15 is 0 Å². The molecule has 0 N–H and O–H groups in total. The molecule has 30 heavy (non-hydrogen) atoms. The minimum Gasteiger partial charge on any atom is -0.464 e. The molecule has 2 aromatic carbocycles. The van der Waals surface area contributed by atoms with Gasteiger partial charge in [0.2, 0.25) is 0 Å². The molecule has 7 heteroatoms. The van der Waals surface area contributed by atoms with Gasteiger partial charge >= 0.3 is 11.9 Å². The highest BCUT2D eigenvalue weighted by molar-refractivity contribution is 6.36. The highest BCUT2D eigenvalue weighted by Crippen LogP contribution is 2.44. The molecule has 0 aromatic heterocycles. The summed E-state index contributed by atoms with van der Waals surface area (Å²) in [6.45, 7) is 5.26. The number of hydrogen-bond donors (Lipinski definition) is 0. The Morgan fingerprint density at radius 3 is 2.00 bits per heavy atom. The van der Waals surface area contributed by atoms with Crippen molar-refractivity contribution in [2.24, 2.45) is 0 Å². The summed E-state index contributed by atoms with van der Waals surface area (Å²) in [6.07, 6.45) is 1.50. The third kappa shape index (κ3) is 3.59. The van der Waals surface area contributed by atoms with Gasteiger partial charge in [-0.05, 0) is 56.7 Å². The molecule has 0 aliphatic carbocycles. The number of nitrogens with zero attached hydrogens (tertiary/aromatic N) is 1. The SMILES string of the molecule is CCOC(=O)C1(C(=O)OCC)/C(=C\c2ccc(Cl)cc2)C(=O)N1c1ccc(C)cc1. The lowest BCUT2D eigenvalue weighted by Gasteiger charge is -2.49. The predicted octanol–water partition coefficient (Wildman–Crippen LogP) is 3.94. The van der Waals surface area contributed by atoms with Crippen molar-refractivity contribution in [2.45, 2.75) is 26.3 Å². The van der Waals surface area contributed by atoms with Crippen LogP contribution < -0.4 is 4.90 Å². The van der Waals surface area contributed by atoms with Crippen molar-refractivity contribution in [2.75, 3.05) is 18.1 Å². The number of ether oxygens (including phenoxy) is 2. The van der Waals surface area contributed by atoms with Gasteiger partial charge in [-0.2, -0.15) is 0 Å². The summed E-state index contributed by atoms with van der Waals surface area (Å²) in [7, 11) is 0. The molecule has 0 radical (unpaired) electrons. The molecule has 1 amide bonds. The minimum atomic E-state index is -2.02. The Bertz CT molecular complexity index is 977. The summed E-state index contributed by atoms with van der Waals surface area (Å²) in [5, 5.41) is 0.528. The lowest BCUT2D eigenvalue weighted by Crippen LogP contribution is -2.75. The van der Waals surface area contributed by atoms with Crippen LogP contribution in [0.1, 0.15) is 25.0 Å². The van der Waals surface area contributed by atoms with Crippen LogP contribution in [-0.2, 0) is 23.9 Å². The maximum atomic E-state index is 13.2. The molecule has 0 unspecified atom stereocenters. The molecule has 1 aliphatic rings. The molecule has 0 atom stereocenters. The number of carbonyl (C=O) groups excluding carboxylic acids is 3. The van der Waals surface area contributed by atoms with Crippen LogP contribution in [0.15, 0.2) is 54.1 Å². The third-order valence-corrected chi connectivity index (χ3v) is 5.03. The molecule has 1 aliphatic heterocycles. The van der Waals surface area contributed by atoms with E-state index in [0.717, 1.165) is 10.5 Å². The number of rotatable bonds is 6. The summed E-state index contributed by atoms with van der Waals surface area (Å²) in [5.74, 6) is -2.19. The van der Waals surface area contributed by atoms with Crippen LogP contribution in [-0.4, -0.2) is 36.6 Å². The van der Waals surface area contributed by atoms with E-state index in [1.807, 2.05) is 6.92 Å². The van der Waals surface area contributed by atoms with Crippen LogP contribution in [0.3, 0.4) is 0 Å². The van der Waals surface area contributed by atoms with Crippen LogP contribution in [0.5, 0.6) is 0 Å². The van der Waals surface area contributed by atoms with Gasteiger partial charge < -0.3 is 9.47 Å². The van der Waals surface area contributed by atoms with Crippen LogP contribution in [0, 0.1) is 6.92 Å². The number of carbonyl (C=O) groups is 3. The number of β-lactam (4-membered cyclic amide) rings is 1. The second-order valence-electron chi connectivity index (χ2n) is 6.74. The fourth-order valence-corrected chi connectivity index (χ4v) is 3.47. The zero-order valence-electron chi connectivity index (χ0n) is 17.0. The number of aryl methyl sites for hydroxylation is 1. The highest BCUT2D eigenvalue weighted by atomic mass is 35.5. The molecule has 156 valence electrons. The van der Waals surface area contributed by atoms with E-state index in [1.54, 1.807) is 62.4 Å². The number of benzene rings is 2. The van der Waals surface area contributed by atoms with E-state index in [9.17, 15) is 14.4 Å². The normalized spacial score (nSPS) is 16.2. The fourth-order valence-electron chi connectivity index (χ4n) is 3.35. The fraction of sp³-hybridized carbons (Fsp3) is 0.261. The first-order valence-corrected chi connectivity index (χ1v) is 9.97. The second kappa shape index (κ2) is 8.71. The molecular weight excluding hydrogens is 406 g/mol. The smallest absolute Gasteiger partial charge is 0.349 e. The largest absolute Gasteiger partial charge is 0.464 e. The van der Waals surface area contributed by atoms with Crippen molar-refractivity contribution in [1.82, 2.24) is 0 Å². The van der Waals surface area contributed by atoms with E-state index < -0.39 is 23.4 Å². The Morgan fingerprint density at radius 1 is 0.967 bits per heavy atom. The van der Waals surface area contributed by atoms with Crippen molar-refractivity contribution in [3.05, 3.63) is 70.3 Å². The van der Waals surface area contributed by atoms with E-state index in [2.05, 4.69) is 0 Å². The molecule has 6 nitrogen and oxygen atoms in total. The van der Waals surface area contributed by atoms with Crippen LogP contribution in [0.2, 0.25) is 5.02 Å². The number of amides is 1. The summed E-state index contributed by atoms with van der Waals surface area (Å²) in [4.78, 5) is 40.6. The van der Waals surface area contributed by atoms with Crippen LogP contribution >= 0.6 is 11.6 Å². The number of anilines is 1. The van der Waals surface area contributed by atoms with Gasteiger partial charge in [0.1, 0.15) is 0 Å². The first kappa shape index (κ1) is 21.6. The Morgan fingerprint density at radius 2 is 1.50 bits per heavy atom. The Kier molecular flexibility index (Phi) is 6.27. The molecule has 1 heterocycles. The number of hydrogen-bond acceptors (Lipinski definition) is 5. The van der Waals surface area contributed by atoms with Crippen molar-refractivity contribution in [1.29, 1.82) is 0 Å². The lowest BCUT2D eigenvalue weighted by atomic mass is 9.76. The molecular formula is C23H22ClNO5. The summed E-state index contributed by atoms with van der Waals surface area (Å²) < 4.78 is 10.5. The highest BCUT2D eigenvalue weighted by Gasteiger charge is 2.69. The van der Waals surface area contributed by atoms with Crippen molar-refractivity contribution < 1.29 is 23.9 Å². The lowest BCUT2D eigenvalue weighted by molar-refractivity contribution is -0.166. The first-order valence-electron chi connectivity index (χ1n) is 9.59. The van der Waals surface area contributed by atoms with E-state index in [-0.39, 0.29) is 18.8 Å².